The van der Waals surface area contributed by atoms with Gasteiger partial charge >= 0.3 is 6.09 Å². The van der Waals surface area contributed by atoms with Gasteiger partial charge in [0.1, 0.15) is 0 Å². The number of methoxy groups -OCH3 is 1. The number of hydrogen-bond donors (Lipinski definition) is 2. The van der Waals surface area contributed by atoms with Crippen LogP contribution >= 0.6 is 0 Å². The molecule has 1 aliphatic carbocycles. The van der Waals surface area contributed by atoms with Gasteiger partial charge in [0.2, 0.25) is 11.8 Å². The molecule has 1 saturated carbocycles. The Morgan fingerprint density at radius 1 is 0.963 bits per heavy atom. The van der Waals surface area contributed by atoms with Crippen molar-refractivity contribution in [2.24, 2.45) is 11.8 Å². The molecule has 1 heterocycles. The predicted molar refractivity (Wildman–Crippen MR) is 100 cm³/mol. The van der Waals surface area contributed by atoms with Crippen LogP contribution in [0.1, 0.15) is 45.4 Å². The molecular weight excluding hydrogens is 350 g/mol. The smallest absolute Gasteiger partial charge is 0.409 e. The van der Waals surface area contributed by atoms with Crippen molar-refractivity contribution in [3.05, 3.63) is 0 Å². The summed E-state index contributed by atoms with van der Waals surface area (Å²) < 4.78 is 9.95. The third-order valence-corrected chi connectivity index (χ3v) is 5.44. The molecular formula is C19H33N3O5. The van der Waals surface area contributed by atoms with E-state index in [4.69, 9.17) is 9.47 Å². The predicted octanol–water partition coefficient (Wildman–Crippen LogP) is 1.29. The van der Waals surface area contributed by atoms with E-state index in [1.165, 1.54) is 0 Å². The fourth-order valence-corrected chi connectivity index (χ4v) is 3.78. The largest absolute Gasteiger partial charge is 0.450 e. The average molecular weight is 383 g/mol. The lowest BCUT2D eigenvalue weighted by Crippen LogP contribution is -2.48. The van der Waals surface area contributed by atoms with E-state index < -0.39 is 0 Å². The maximum Gasteiger partial charge on any atom is 0.409 e. The molecule has 2 fully saturated rings. The molecule has 1 saturated heterocycles. The van der Waals surface area contributed by atoms with Gasteiger partial charge in [0, 0.05) is 44.6 Å². The molecule has 27 heavy (non-hydrogen) atoms. The van der Waals surface area contributed by atoms with E-state index in [9.17, 15) is 14.4 Å². The quantitative estimate of drug-likeness (QED) is 0.646. The van der Waals surface area contributed by atoms with E-state index in [1.54, 1.807) is 18.9 Å². The number of hydrogen-bond acceptors (Lipinski definition) is 5. The standard InChI is InChI=1S/C19H33N3O5/c1-3-27-19(25)22-11-8-16(9-12-22)21-18(24)15-6-4-14(5-7-15)17(23)20-10-13-26-2/h14-16H,3-13H2,1-2H3,(H,20,23)(H,21,24). The molecule has 3 amide bonds. The number of likely N-dealkylation sites (tertiary alicyclic amines) is 1. The van der Waals surface area contributed by atoms with Gasteiger partial charge in [0.25, 0.3) is 0 Å². The summed E-state index contributed by atoms with van der Waals surface area (Å²) in [6.07, 6.45) is 4.22. The zero-order chi connectivity index (χ0) is 19.6. The van der Waals surface area contributed by atoms with E-state index in [2.05, 4.69) is 10.6 Å². The maximum absolute atomic E-state index is 12.5. The molecule has 0 aromatic carbocycles. The first-order chi connectivity index (χ1) is 13.0. The van der Waals surface area contributed by atoms with E-state index >= 15 is 0 Å². The van der Waals surface area contributed by atoms with Gasteiger partial charge in [-0.1, -0.05) is 0 Å². The molecule has 0 unspecified atom stereocenters. The average Bonchev–Trinajstić information content (AvgIpc) is 2.69. The summed E-state index contributed by atoms with van der Waals surface area (Å²) >= 11 is 0. The molecule has 2 aliphatic rings. The first-order valence-electron chi connectivity index (χ1n) is 10.0. The van der Waals surface area contributed by atoms with Crippen LogP contribution in [0.25, 0.3) is 0 Å². The Morgan fingerprint density at radius 3 is 2.11 bits per heavy atom. The molecule has 0 aromatic rings. The van der Waals surface area contributed by atoms with Crippen LogP contribution in [-0.4, -0.2) is 68.8 Å². The number of carbonyl (C=O) groups is 3. The van der Waals surface area contributed by atoms with Gasteiger partial charge in [-0.2, -0.15) is 0 Å². The highest BCUT2D eigenvalue weighted by atomic mass is 16.6. The van der Waals surface area contributed by atoms with Crippen LogP contribution in [-0.2, 0) is 19.1 Å². The van der Waals surface area contributed by atoms with Crippen molar-refractivity contribution < 1.29 is 23.9 Å². The molecule has 0 bridgehead atoms. The fraction of sp³-hybridized carbons (Fsp3) is 0.842. The Morgan fingerprint density at radius 2 is 1.56 bits per heavy atom. The molecule has 0 spiro atoms. The summed E-state index contributed by atoms with van der Waals surface area (Å²) in [7, 11) is 1.61. The van der Waals surface area contributed by atoms with E-state index in [0.717, 1.165) is 38.5 Å². The van der Waals surface area contributed by atoms with Crippen LogP contribution in [0.4, 0.5) is 4.79 Å². The molecule has 0 aromatic heterocycles. The SMILES string of the molecule is CCOC(=O)N1CCC(NC(=O)C2CCC(C(=O)NCCOC)CC2)CC1. The molecule has 0 atom stereocenters. The van der Waals surface area contributed by atoms with Crippen LogP contribution in [0.2, 0.25) is 0 Å². The summed E-state index contributed by atoms with van der Waals surface area (Å²) in [6.45, 7) is 4.43. The topological polar surface area (TPSA) is 97.0 Å². The molecule has 2 N–H and O–H groups in total. The molecule has 154 valence electrons. The van der Waals surface area contributed by atoms with Crippen LogP contribution < -0.4 is 10.6 Å². The monoisotopic (exact) mass is 383 g/mol. The number of piperidine rings is 1. The number of ether oxygens (including phenoxy) is 2. The molecule has 2 rings (SSSR count). The van der Waals surface area contributed by atoms with Gasteiger partial charge in [0.05, 0.1) is 13.2 Å². The van der Waals surface area contributed by atoms with E-state index in [1.807, 2.05) is 0 Å². The second-order valence-corrected chi connectivity index (χ2v) is 7.30. The van der Waals surface area contributed by atoms with Crippen molar-refractivity contribution >= 4 is 17.9 Å². The summed E-state index contributed by atoms with van der Waals surface area (Å²) in [5, 5.41) is 6.01. The van der Waals surface area contributed by atoms with Crippen LogP contribution in [0, 0.1) is 11.8 Å². The zero-order valence-corrected chi connectivity index (χ0v) is 16.5. The third-order valence-electron chi connectivity index (χ3n) is 5.44. The Hall–Kier alpha value is -1.83. The minimum atomic E-state index is -0.274. The number of carbonyl (C=O) groups excluding carboxylic acids is 3. The number of nitrogens with zero attached hydrogens (tertiary/aromatic N) is 1. The minimum Gasteiger partial charge on any atom is -0.450 e. The van der Waals surface area contributed by atoms with Crippen LogP contribution in [0.15, 0.2) is 0 Å². The Balaban J connectivity index is 1.66. The summed E-state index contributed by atoms with van der Waals surface area (Å²) in [5.74, 6) is 0.134. The van der Waals surface area contributed by atoms with Crippen molar-refractivity contribution in [1.29, 1.82) is 0 Å². The highest BCUT2D eigenvalue weighted by molar-refractivity contribution is 5.81. The fourth-order valence-electron chi connectivity index (χ4n) is 3.78. The molecule has 0 radical (unpaired) electrons. The van der Waals surface area contributed by atoms with Gasteiger partial charge in [0.15, 0.2) is 0 Å². The van der Waals surface area contributed by atoms with Gasteiger partial charge < -0.3 is 25.0 Å². The summed E-state index contributed by atoms with van der Waals surface area (Å²) in [4.78, 5) is 38.0. The third kappa shape index (κ3) is 6.68. The van der Waals surface area contributed by atoms with Crippen molar-refractivity contribution in [2.45, 2.75) is 51.5 Å². The molecule has 8 heteroatoms. The Bertz CT molecular complexity index is 498. The second-order valence-electron chi connectivity index (χ2n) is 7.30. The first kappa shape index (κ1) is 21.5. The zero-order valence-electron chi connectivity index (χ0n) is 16.5. The van der Waals surface area contributed by atoms with Crippen molar-refractivity contribution in [1.82, 2.24) is 15.5 Å². The number of rotatable bonds is 7. The highest BCUT2D eigenvalue weighted by Crippen LogP contribution is 2.29. The highest BCUT2D eigenvalue weighted by Gasteiger charge is 2.31. The number of amides is 3. The van der Waals surface area contributed by atoms with Crippen LogP contribution in [0.5, 0.6) is 0 Å². The number of nitrogens with one attached hydrogen (secondary N) is 2. The van der Waals surface area contributed by atoms with E-state index in [-0.39, 0.29) is 35.8 Å². The van der Waals surface area contributed by atoms with Gasteiger partial charge in [-0.15, -0.1) is 0 Å². The first-order valence-corrected chi connectivity index (χ1v) is 10.0. The van der Waals surface area contributed by atoms with Crippen LogP contribution in [0.3, 0.4) is 0 Å². The molecule has 8 nitrogen and oxygen atoms in total. The van der Waals surface area contributed by atoms with E-state index in [0.29, 0.717) is 32.8 Å². The van der Waals surface area contributed by atoms with Gasteiger partial charge in [-0.3, -0.25) is 9.59 Å². The Labute approximate surface area is 161 Å². The molecule has 1 aliphatic heterocycles. The minimum absolute atomic E-state index is 0.00118. The lowest BCUT2D eigenvalue weighted by atomic mass is 9.81. The van der Waals surface area contributed by atoms with Gasteiger partial charge in [-0.25, -0.2) is 4.79 Å². The van der Waals surface area contributed by atoms with Crippen molar-refractivity contribution in [2.75, 3.05) is 40.0 Å². The summed E-state index contributed by atoms with van der Waals surface area (Å²) in [5.41, 5.74) is 0. The van der Waals surface area contributed by atoms with Gasteiger partial charge in [-0.05, 0) is 45.4 Å². The Kier molecular flexibility index (Phi) is 8.84. The lowest BCUT2D eigenvalue weighted by Gasteiger charge is -2.33. The normalized spacial score (nSPS) is 23.6. The second kappa shape index (κ2) is 11.1. The van der Waals surface area contributed by atoms with Crippen molar-refractivity contribution in [3.8, 4) is 0 Å². The van der Waals surface area contributed by atoms with Crippen molar-refractivity contribution in [3.63, 3.8) is 0 Å². The maximum atomic E-state index is 12.5. The lowest BCUT2D eigenvalue weighted by molar-refractivity contribution is -0.131. The summed E-state index contributed by atoms with van der Waals surface area (Å²) in [6, 6.07) is 0.109.